The van der Waals surface area contributed by atoms with E-state index in [1.165, 1.54) is 14.2 Å². The third-order valence-electron chi connectivity index (χ3n) is 1.62. The Morgan fingerprint density at radius 3 is 2.33 bits per heavy atom. The van der Waals surface area contributed by atoms with Crippen molar-refractivity contribution in [3.63, 3.8) is 0 Å². The Bertz CT molecular complexity index is 386. The zero-order valence-corrected chi connectivity index (χ0v) is 11.7. The van der Waals surface area contributed by atoms with Gasteiger partial charge in [0, 0.05) is 35.6 Å². The fourth-order valence-corrected chi connectivity index (χ4v) is 1.37. The standard InChI is InChI=1S/C8H11NO4S.Na/c1-12-6-3-4-7(9-14(10)11)8(5-6)13-2;/h3-5,14H,1-2H3,(H,9,10,11);. The summed E-state index contributed by atoms with van der Waals surface area (Å²) in [6, 6.07) is 4.81. The van der Waals surface area contributed by atoms with E-state index in [0.29, 0.717) is 17.2 Å². The maximum atomic E-state index is 10.4. The van der Waals surface area contributed by atoms with E-state index in [1.807, 2.05) is 0 Å². The van der Waals surface area contributed by atoms with Gasteiger partial charge in [-0.15, -0.1) is 0 Å². The van der Waals surface area contributed by atoms with Crippen molar-refractivity contribution in [1.82, 2.24) is 0 Å². The summed E-state index contributed by atoms with van der Waals surface area (Å²) >= 11 is 0. The Morgan fingerprint density at radius 1 is 1.20 bits per heavy atom. The van der Waals surface area contributed by atoms with E-state index in [1.54, 1.807) is 18.2 Å². The average Bonchev–Trinajstić information content (AvgIpc) is 2.17. The fraction of sp³-hybridized carbons (Fsp3) is 0.250. The predicted octanol–water partition coefficient (Wildman–Crippen LogP) is 0.261. The van der Waals surface area contributed by atoms with Crippen LogP contribution in [0.3, 0.4) is 0 Å². The summed E-state index contributed by atoms with van der Waals surface area (Å²) in [6.07, 6.45) is 0. The maximum absolute atomic E-state index is 10.4. The molecule has 0 aliphatic carbocycles. The van der Waals surface area contributed by atoms with Crippen LogP contribution in [0.5, 0.6) is 11.5 Å². The molecule has 0 fully saturated rings. The quantitative estimate of drug-likeness (QED) is 0.585. The molecule has 79 valence electrons. The van der Waals surface area contributed by atoms with Crippen molar-refractivity contribution in [2.75, 3.05) is 18.9 Å². The molecule has 1 rings (SSSR count). The van der Waals surface area contributed by atoms with Gasteiger partial charge in [-0.1, -0.05) is 0 Å². The fourth-order valence-electron chi connectivity index (χ4n) is 0.989. The normalized spacial score (nSPS) is 9.27. The molecule has 0 aliphatic heterocycles. The summed E-state index contributed by atoms with van der Waals surface area (Å²) in [6.45, 7) is 0. The molecule has 0 saturated heterocycles. The number of ether oxygens (including phenoxy) is 2. The summed E-state index contributed by atoms with van der Waals surface area (Å²) in [5.74, 6) is 1.03. The van der Waals surface area contributed by atoms with Gasteiger partial charge >= 0.3 is 0 Å². The number of hydrogen-bond donors (Lipinski definition) is 2. The zero-order valence-electron chi connectivity index (χ0n) is 8.81. The largest absolute Gasteiger partial charge is 0.497 e. The number of nitrogens with one attached hydrogen (secondary N) is 1. The Hall–Kier alpha value is -0.430. The monoisotopic (exact) mass is 240 g/mol. The minimum Gasteiger partial charge on any atom is -0.497 e. The number of rotatable bonds is 4. The molecule has 0 heterocycles. The third kappa shape index (κ3) is 4.29. The van der Waals surface area contributed by atoms with Gasteiger partial charge in [-0.2, -0.15) is 0 Å². The minimum absolute atomic E-state index is 0. The summed E-state index contributed by atoms with van der Waals surface area (Å²) in [5, 5.41) is 0. The topological polar surface area (TPSA) is 64.6 Å². The van der Waals surface area contributed by atoms with Crippen LogP contribution < -0.4 is 14.2 Å². The molecule has 5 nitrogen and oxygen atoms in total. The number of benzene rings is 1. The van der Waals surface area contributed by atoms with E-state index in [4.69, 9.17) is 9.47 Å². The summed E-state index contributed by atoms with van der Waals surface area (Å²) in [4.78, 5) is 0. The van der Waals surface area contributed by atoms with Crippen molar-refractivity contribution >= 4 is 46.1 Å². The first kappa shape index (κ1) is 14.6. The molecule has 0 aromatic heterocycles. The molecular weight excluding hydrogens is 229 g/mol. The van der Waals surface area contributed by atoms with Crippen LogP contribution in [0.25, 0.3) is 0 Å². The summed E-state index contributed by atoms with van der Waals surface area (Å²) in [5.41, 5.74) is 0.393. The van der Waals surface area contributed by atoms with Crippen molar-refractivity contribution in [2.24, 2.45) is 0 Å². The van der Waals surface area contributed by atoms with Crippen LogP contribution in [-0.2, 0) is 10.9 Å². The van der Waals surface area contributed by atoms with Crippen LogP contribution in [0.15, 0.2) is 18.2 Å². The number of thiol groups is 1. The van der Waals surface area contributed by atoms with Crippen LogP contribution in [-0.4, -0.2) is 52.2 Å². The van der Waals surface area contributed by atoms with Crippen molar-refractivity contribution in [2.45, 2.75) is 0 Å². The van der Waals surface area contributed by atoms with Crippen molar-refractivity contribution in [1.29, 1.82) is 0 Å². The smallest absolute Gasteiger partial charge is 0.222 e. The summed E-state index contributed by atoms with van der Waals surface area (Å²) in [7, 11) is 0.297. The Labute approximate surface area is 112 Å². The second-order valence-corrected chi connectivity index (χ2v) is 3.17. The van der Waals surface area contributed by atoms with Gasteiger partial charge in [0.05, 0.1) is 19.9 Å². The molecule has 0 unspecified atom stereocenters. The van der Waals surface area contributed by atoms with Gasteiger partial charge in [0.15, 0.2) is 0 Å². The van der Waals surface area contributed by atoms with Gasteiger partial charge in [-0.3, -0.25) is 4.72 Å². The van der Waals surface area contributed by atoms with Crippen LogP contribution in [0, 0.1) is 0 Å². The number of anilines is 1. The van der Waals surface area contributed by atoms with Gasteiger partial charge < -0.3 is 9.47 Å². The molecule has 0 atom stereocenters. The van der Waals surface area contributed by atoms with Gasteiger partial charge in [0.25, 0.3) is 0 Å². The van der Waals surface area contributed by atoms with Crippen LogP contribution in [0.1, 0.15) is 0 Å². The van der Waals surface area contributed by atoms with E-state index in [-0.39, 0.29) is 29.6 Å². The molecule has 0 amide bonds. The first-order chi connectivity index (χ1) is 6.67. The van der Waals surface area contributed by atoms with Crippen molar-refractivity contribution in [3.05, 3.63) is 18.2 Å². The molecule has 1 N–H and O–H groups in total. The van der Waals surface area contributed by atoms with E-state index in [0.717, 1.165) is 0 Å². The van der Waals surface area contributed by atoms with Crippen LogP contribution in [0.2, 0.25) is 0 Å². The van der Waals surface area contributed by atoms with Crippen LogP contribution >= 0.6 is 0 Å². The molecular formula is C8H11NNaO4S. The van der Waals surface area contributed by atoms with Gasteiger partial charge in [0.1, 0.15) is 11.5 Å². The predicted molar refractivity (Wildman–Crippen MR) is 59.2 cm³/mol. The third-order valence-corrected chi connectivity index (χ3v) is 2.04. The minimum atomic E-state index is -2.68. The zero-order chi connectivity index (χ0) is 10.6. The maximum Gasteiger partial charge on any atom is 0.222 e. The Morgan fingerprint density at radius 2 is 1.87 bits per heavy atom. The second-order valence-electron chi connectivity index (χ2n) is 2.44. The van der Waals surface area contributed by atoms with E-state index >= 15 is 0 Å². The Balaban J connectivity index is 0.00000196. The van der Waals surface area contributed by atoms with E-state index in [2.05, 4.69) is 4.72 Å². The molecule has 1 aromatic rings. The first-order valence-corrected chi connectivity index (χ1v) is 4.98. The van der Waals surface area contributed by atoms with Crippen LogP contribution in [0.4, 0.5) is 5.69 Å². The SMILES string of the molecule is COc1ccc(N[SH](=O)=O)c(OC)c1.[Na]. The molecule has 0 bridgehead atoms. The molecule has 1 radical (unpaired) electrons. The number of hydrogen-bond acceptors (Lipinski definition) is 4. The molecule has 0 spiro atoms. The second kappa shape index (κ2) is 6.95. The number of methoxy groups -OCH3 is 2. The van der Waals surface area contributed by atoms with Crippen molar-refractivity contribution in [3.8, 4) is 11.5 Å². The van der Waals surface area contributed by atoms with E-state index < -0.39 is 10.9 Å². The molecule has 0 aliphatic rings. The molecule has 1 aromatic carbocycles. The molecule has 0 saturated carbocycles. The van der Waals surface area contributed by atoms with Gasteiger partial charge in [-0.25, -0.2) is 8.42 Å². The first-order valence-electron chi connectivity index (χ1n) is 3.80. The molecule has 7 heteroatoms. The average molecular weight is 240 g/mol. The van der Waals surface area contributed by atoms with Crippen molar-refractivity contribution < 1.29 is 17.9 Å². The van der Waals surface area contributed by atoms with Gasteiger partial charge in [-0.05, 0) is 12.1 Å². The summed E-state index contributed by atoms with van der Waals surface area (Å²) < 4.78 is 33.0. The van der Waals surface area contributed by atoms with E-state index in [9.17, 15) is 8.42 Å². The molecule has 15 heavy (non-hydrogen) atoms. The Kier molecular flexibility index (Phi) is 6.75. The van der Waals surface area contributed by atoms with Gasteiger partial charge in [0.2, 0.25) is 10.9 Å².